The van der Waals surface area contributed by atoms with Crippen molar-refractivity contribution in [3.63, 3.8) is 0 Å². The van der Waals surface area contributed by atoms with Crippen LogP contribution in [0.4, 0.5) is 13.2 Å². The standard InChI is InChI=1S/C14H24F3NO/c1-2-19-12-10-11(13(12)6-3-4-7-13)18-9-5-8-14(15,16)17/h11-12,18H,2-10H2,1H3. The van der Waals surface area contributed by atoms with Crippen LogP contribution < -0.4 is 5.32 Å². The maximum Gasteiger partial charge on any atom is 0.389 e. The Morgan fingerprint density at radius 2 is 1.95 bits per heavy atom. The molecule has 0 radical (unpaired) electrons. The van der Waals surface area contributed by atoms with Gasteiger partial charge in [0.05, 0.1) is 6.10 Å². The fraction of sp³-hybridized carbons (Fsp3) is 1.00. The van der Waals surface area contributed by atoms with Crippen LogP contribution in [0.25, 0.3) is 0 Å². The molecule has 2 saturated carbocycles. The van der Waals surface area contributed by atoms with Gasteiger partial charge in [0, 0.05) is 24.5 Å². The van der Waals surface area contributed by atoms with Crippen molar-refractivity contribution in [3.8, 4) is 0 Å². The summed E-state index contributed by atoms with van der Waals surface area (Å²) in [5.74, 6) is 0. The molecular weight excluding hydrogens is 255 g/mol. The van der Waals surface area contributed by atoms with Gasteiger partial charge >= 0.3 is 6.18 Å². The van der Waals surface area contributed by atoms with E-state index >= 15 is 0 Å². The van der Waals surface area contributed by atoms with Crippen molar-refractivity contribution >= 4 is 0 Å². The van der Waals surface area contributed by atoms with Gasteiger partial charge in [-0.1, -0.05) is 12.8 Å². The van der Waals surface area contributed by atoms with Crippen LogP contribution >= 0.6 is 0 Å². The molecule has 2 unspecified atom stereocenters. The Balaban J connectivity index is 1.75. The average Bonchev–Trinajstić information content (AvgIpc) is 2.82. The molecule has 0 amide bonds. The Morgan fingerprint density at radius 1 is 1.26 bits per heavy atom. The number of hydrogen-bond acceptors (Lipinski definition) is 2. The lowest BCUT2D eigenvalue weighted by Crippen LogP contribution is -2.62. The summed E-state index contributed by atoms with van der Waals surface area (Å²) in [6.45, 7) is 3.20. The Labute approximate surface area is 113 Å². The first-order valence-corrected chi connectivity index (χ1v) is 7.40. The summed E-state index contributed by atoms with van der Waals surface area (Å²) in [6, 6.07) is 0.361. The van der Waals surface area contributed by atoms with Crippen LogP contribution in [-0.2, 0) is 4.74 Å². The molecule has 1 N–H and O–H groups in total. The van der Waals surface area contributed by atoms with Gasteiger partial charge in [0.2, 0.25) is 0 Å². The smallest absolute Gasteiger partial charge is 0.378 e. The first kappa shape index (κ1) is 15.1. The molecule has 0 heterocycles. The van der Waals surface area contributed by atoms with Crippen molar-refractivity contribution in [2.75, 3.05) is 13.2 Å². The van der Waals surface area contributed by atoms with Crippen molar-refractivity contribution in [1.82, 2.24) is 5.32 Å². The second-order valence-corrected chi connectivity index (χ2v) is 5.85. The van der Waals surface area contributed by atoms with E-state index in [9.17, 15) is 13.2 Å². The van der Waals surface area contributed by atoms with Gasteiger partial charge in [0.15, 0.2) is 0 Å². The van der Waals surface area contributed by atoms with E-state index in [1.54, 1.807) is 0 Å². The van der Waals surface area contributed by atoms with Crippen LogP contribution in [0.1, 0.15) is 51.9 Å². The lowest BCUT2D eigenvalue weighted by Gasteiger charge is -2.54. The monoisotopic (exact) mass is 279 g/mol. The summed E-state index contributed by atoms with van der Waals surface area (Å²) in [4.78, 5) is 0. The number of rotatable bonds is 6. The normalized spacial score (nSPS) is 29.7. The number of nitrogens with one attached hydrogen (secondary N) is 1. The molecule has 0 bridgehead atoms. The third-order valence-corrected chi connectivity index (χ3v) is 4.72. The number of alkyl halides is 3. The van der Waals surface area contributed by atoms with E-state index in [1.807, 2.05) is 6.92 Å². The molecule has 2 rings (SSSR count). The molecule has 2 atom stereocenters. The van der Waals surface area contributed by atoms with Crippen molar-refractivity contribution in [1.29, 1.82) is 0 Å². The fourth-order valence-corrected chi connectivity index (χ4v) is 3.74. The van der Waals surface area contributed by atoms with Gasteiger partial charge < -0.3 is 10.1 Å². The highest BCUT2D eigenvalue weighted by Crippen LogP contribution is 2.54. The summed E-state index contributed by atoms with van der Waals surface area (Å²) in [7, 11) is 0. The molecule has 2 nitrogen and oxygen atoms in total. The Hall–Kier alpha value is -0.290. The predicted molar refractivity (Wildman–Crippen MR) is 68.0 cm³/mol. The van der Waals surface area contributed by atoms with E-state index in [0.717, 1.165) is 25.9 Å². The molecule has 2 fully saturated rings. The predicted octanol–water partition coefficient (Wildman–Crippen LogP) is 3.66. The van der Waals surface area contributed by atoms with Crippen molar-refractivity contribution < 1.29 is 17.9 Å². The third kappa shape index (κ3) is 3.43. The van der Waals surface area contributed by atoms with Crippen molar-refractivity contribution in [2.24, 2.45) is 5.41 Å². The lowest BCUT2D eigenvalue weighted by molar-refractivity contribution is -0.139. The number of hydrogen-bond donors (Lipinski definition) is 1. The van der Waals surface area contributed by atoms with Gasteiger partial charge in [-0.15, -0.1) is 0 Å². The Morgan fingerprint density at radius 3 is 2.53 bits per heavy atom. The highest BCUT2D eigenvalue weighted by Gasteiger charge is 2.56. The molecule has 5 heteroatoms. The largest absolute Gasteiger partial charge is 0.389 e. The van der Waals surface area contributed by atoms with E-state index < -0.39 is 12.6 Å². The van der Waals surface area contributed by atoms with Crippen LogP contribution in [0.5, 0.6) is 0 Å². The number of halogens is 3. The molecule has 0 aliphatic heterocycles. The summed E-state index contributed by atoms with van der Waals surface area (Å²) in [5.41, 5.74) is 0.217. The van der Waals surface area contributed by atoms with Crippen LogP contribution in [0.3, 0.4) is 0 Å². The van der Waals surface area contributed by atoms with Crippen molar-refractivity contribution in [3.05, 3.63) is 0 Å². The molecule has 1 spiro atoms. The summed E-state index contributed by atoms with van der Waals surface area (Å²) in [5, 5.41) is 3.33. The maximum atomic E-state index is 12.1. The summed E-state index contributed by atoms with van der Waals surface area (Å²) in [6.07, 6.45) is 1.52. The molecule has 0 aromatic rings. The van der Waals surface area contributed by atoms with Gasteiger partial charge in [-0.25, -0.2) is 0 Å². The minimum absolute atomic E-state index is 0.176. The molecule has 2 aliphatic carbocycles. The van der Waals surface area contributed by atoms with Gasteiger partial charge in [0.1, 0.15) is 0 Å². The third-order valence-electron chi connectivity index (χ3n) is 4.72. The minimum Gasteiger partial charge on any atom is -0.378 e. The zero-order valence-corrected chi connectivity index (χ0v) is 11.6. The number of ether oxygens (including phenoxy) is 1. The summed E-state index contributed by atoms with van der Waals surface area (Å²) < 4.78 is 42.0. The van der Waals surface area contributed by atoms with E-state index in [0.29, 0.717) is 18.7 Å². The molecular formula is C14H24F3NO. The topological polar surface area (TPSA) is 21.3 Å². The first-order chi connectivity index (χ1) is 8.98. The van der Waals surface area contributed by atoms with Crippen molar-refractivity contribution in [2.45, 2.75) is 70.2 Å². The van der Waals surface area contributed by atoms with E-state index in [4.69, 9.17) is 4.74 Å². The van der Waals surface area contributed by atoms with E-state index in [-0.39, 0.29) is 11.8 Å². The van der Waals surface area contributed by atoms with Crippen LogP contribution in [-0.4, -0.2) is 31.5 Å². The average molecular weight is 279 g/mol. The van der Waals surface area contributed by atoms with Crippen LogP contribution in [0.2, 0.25) is 0 Å². The van der Waals surface area contributed by atoms with Crippen LogP contribution in [0.15, 0.2) is 0 Å². The second kappa shape index (κ2) is 6.00. The minimum atomic E-state index is -4.03. The maximum absolute atomic E-state index is 12.1. The molecule has 0 aromatic heterocycles. The molecule has 2 aliphatic rings. The molecule has 0 aromatic carbocycles. The van der Waals surface area contributed by atoms with Gasteiger partial charge in [-0.3, -0.25) is 0 Å². The fourth-order valence-electron chi connectivity index (χ4n) is 3.74. The van der Waals surface area contributed by atoms with Gasteiger partial charge in [-0.05, 0) is 39.2 Å². The SMILES string of the molecule is CCOC1CC(NCCCC(F)(F)F)C12CCCC2. The molecule has 19 heavy (non-hydrogen) atoms. The van der Waals surface area contributed by atoms with Gasteiger partial charge in [0.25, 0.3) is 0 Å². The highest BCUT2D eigenvalue weighted by atomic mass is 19.4. The second-order valence-electron chi connectivity index (χ2n) is 5.85. The molecule has 112 valence electrons. The van der Waals surface area contributed by atoms with E-state index in [1.165, 1.54) is 12.8 Å². The zero-order valence-electron chi connectivity index (χ0n) is 11.6. The zero-order chi connectivity index (χ0) is 13.9. The first-order valence-electron chi connectivity index (χ1n) is 7.40. The quantitative estimate of drug-likeness (QED) is 0.749. The Bertz CT molecular complexity index is 287. The molecule has 0 saturated heterocycles. The highest BCUT2D eigenvalue weighted by molar-refractivity contribution is 5.09. The van der Waals surface area contributed by atoms with E-state index in [2.05, 4.69) is 5.32 Å². The lowest BCUT2D eigenvalue weighted by atomic mass is 9.60. The van der Waals surface area contributed by atoms with Gasteiger partial charge in [-0.2, -0.15) is 13.2 Å². The summed E-state index contributed by atoms with van der Waals surface area (Å²) >= 11 is 0. The van der Waals surface area contributed by atoms with Crippen LogP contribution in [0, 0.1) is 5.41 Å². The Kier molecular flexibility index (Phi) is 4.77.